The molecule has 1 heterocycles. The van der Waals surface area contributed by atoms with Gasteiger partial charge in [-0.15, -0.1) is 0 Å². The lowest BCUT2D eigenvalue weighted by atomic mass is 10.2. The van der Waals surface area contributed by atoms with Crippen LogP contribution in [0.3, 0.4) is 0 Å². The molecule has 0 saturated heterocycles. The summed E-state index contributed by atoms with van der Waals surface area (Å²) in [5.74, 6) is 1.87. The number of nitrogens with one attached hydrogen (secondary N) is 1. The van der Waals surface area contributed by atoms with Gasteiger partial charge in [-0.25, -0.2) is 0 Å². The molecule has 0 radical (unpaired) electrons. The Kier molecular flexibility index (Phi) is 7.37. The van der Waals surface area contributed by atoms with Crippen LogP contribution in [0.5, 0.6) is 23.0 Å². The highest BCUT2D eigenvalue weighted by molar-refractivity contribution is 5.98. The Morgan fingerprint density at radius 3 is 2.55 bits per heavy atom. The number of hydrogen-bond donors (Lipinski definition) is 1. The molecule has 0 atom stereocenters. The van der Waals surface area contributed by atoms with E-state index in [-0.39, 0.29) is 25.2 Å². The van der Waals surface area contributed by atoms with Crippen LogP contribution in [0.15, 0.2) is 42.5 Å². The average molecular weight is 426 g/mol. The number of nitrogens with zero attached hydrogens (tertiary/aromatic N) is 1. The highest BCUT2D eigenvalue weighted by Gasteiger charge is 2.14. The summed E-state index contributed by atoms with van der Waals surface area (Å²) < 4.78 is 21.7. The minimum absolute atomic E-state index is 0.0957. The van der Waals surface area contributed by atoms with Crippen molar-refractivity contribution >= 4 is 23.6 Å². The van der Waals surface area contributed by atoms with Crippen molar-refractivity contribution in [2.75, 3.05) is 38.9 Å². The second-order valence-corrected chi connectivity index (χ2v) is 6.72. The van der Waals surface area contributed by atoms with Crippen molar-refractivity contribution in [3.05, 3.63) is 48.0 Å². The topological polar surface area (TPSA) is 86.3 Å². The molecule has 3 rings (SSSR count). The molecule has 0 bridgehead atoms. The maximum Gasteiger partial charge on any atom is 0.246 e. The number of amides is 2. The van der Waals surface area contributed by atoms with E-state index in [1.165, 1.54) is 11.0 Å². The van der Waals surface area contributed by atoms with E-state index < -0.39 is 0 Å². The van der Waals surface area contributed by atoms with Crippen molar-refractivity contribution in [2.45, 2.75) is 13.8 Å². The number of rotatable bonds is 9. The van der Waals surface area contributed by atoms with Gasteiger partial charge in [-0.1, -0.05) is 6.07 Å². The van der Waals surface area contributed by atoms with Crippen molar-refractivity contribution in [1.29, 1.82) is 0 Å². The molecular formula is C23H26N2O6. The van der Waals surface area contributed by atoms with Crippen molar-refractivity contribution in [2.24, 2.45) is 0 Å². The minimum atomic E-state index is -0.320. The summed E-state index contributed by atoms with van der Waals surface area (Å²) in [4.78, 5) is 26.1. The predicted molar refractivity (Wildman–Crippen MR) is 117 cm³/mol. The zero-order valence-electron chi connectivity index (χ0n) is 17.8. The molecule has 8 heteroatoms. The van der Waals surface area contributed by atoms with Crippen molar-refractivity contribution in [1.82, 2.24) is 4.90 Å². The first kappa shape index (κ1) is 22.0. The summed E-state index contributed by atoms with van der Waals surface area (Å²) in [5, 5.41) is 2.77. The first-order chi connectivity index (χ1) is 15.0. The highest BCUT2D eigenvalue weighted by atomic mass is 16.7. The number of anilines is 1. The van der Waals surface area contributed by atoms with Gasteiger partial charge in [-0.2, -0.15) is 0 Å². The van der Waals surface area contributed by atoms with E-state index in [0.717, 1.165) is 5.56 Å². The monoisotopic (exact) mass is 426 g/mol. The summed E-state index contributed by atoms with van der Waals surface area (Å²) >= 11 is 0. The lowest BCUT2D eigenvalue weighted by Gasteiger charge is -2.16. The fourth-order valence-corrected chi connectivity index (χ4v) is 2.93. The molecule has 1 aliphatic rings. The fourth-order valence-electron chi connectivity index (χ4n) is 2.93. The normalized spacial score (nSPS) is 12.0. The Balaban J connectivity index is 1.56. The summed E-state index contributed by atoms with van der Waals surface area (Å²) in [6, 6.07) is 10.6. The van der Waals surface area contributed by atoms with Gasteiger partial charge in [0.1, 0.15) is 0 Å². The van der Waals surface area contributed by atoms with Crippen molar-refractivity contribution in [3.63, 3.8) is 0 Å². The summed E-state index contributed by atoms with van der Waals surface area (Å²) in [6.45, 7) is 4.85. The molecule has 1 N–H and O–H groups in total. The van der Waals surface area contributed by atoms with Gasteiger partial charge in [-0.05, 0) is 49.8 Å². The summed E-state index contributed by atoms with van der Waals surface area (Å²) in [6.07, 6.45) is 3.08. The van der Waals surface area contributed by atoms with Gasteiger partial charge in [0.25, 0.3) is 0 Å². The van der Waals surface area contributed by atoms with E-state index in [2.05, 4.69) is 5.32 Å². The molecule has 0 fully saturated rings. The third kappa shape index (κ3) is 5.91. The standard InChI is InChI=1S/C23H26N2O6/c1-4-28-18-10-8-17(13-21(18)29-5-2)24-22(26)14-25(3)23(27)11-7-16-6-9-19-20(12-16)31-15-30-19/h6-13H,4-5,14-15H2,1-3H3,(H,24,26)/b11-7+. The number of carbonyl (C=O) groups excluding carboxylic acids is 2. The number of hydrogen-bond acceptors (Lipinski definition) is 6. The molecule has 0 aromatic heterocycles. The fraction of sp³-hybridized carbons (Fsp3) is 0.304. The Morgan fingerprint density at radius 1 is 1.03 bits per heavy atom. The van der Waals surface area contributed by atoms with Gasteiger partial charge in [0.2, 0.25) is 18.6 Å². The summed E-state index contributed by atoms with van der Waals surface area (Å²) in [7, 11) is 1.57. The molecule has 0 spiro atoms. The number of likely N-dealkylation sites (N-methyl/N-ethyl adjacent to an activating group) is 1. The second kappa shape index (κ2) is 10.4. The number of carbonyl (C=O) groups is 2. The molecule has 2 aromatic rings. The van der Waals surface area contributed by atoms with E-state index in [4.69, 9.17) is 18.9 Å². The molecule has 2 amide bonds. The van der Waals surface area contributed by atoms with Crippen molar-refractivity contribution < 1.29 is 28.5 Å². The van der Waals surface area contributed by atoms with Crippen LogP contribution in [-0.4, -0.2) is 50.3 Å². The average Bonchev–Trinajstić information content (AvgIpc) is 3.22. The Morgan fingerprint density at radius 2 is 1.77 bits per heavy atom. The smallest absolute Gasteiger partial charge is 0.246 e. The number of benzene rings is 2. The molecule has 1 aliphatic heterocycles. The Labute approximate surface area is 181 Å². The molecule has 31 heavy (non-hydrogen) atoms. The van der Waals surface area contributed by atoms with Crippen LogP contribution < -0.4 is 24.3 Å². The molecule has 8 nitrogen and oxygen atoms in total. The van der Waals surface area contributed by atoms with Gasteiger partial charge in [0, 0.05) is 24.9 Å². The largest absolute Gasteiger partial charge is 0.490 e. The Hall–Kier alpha value is -3.68. The van der Waals surface area contributed by atoms with E-state index in [1.54, 1.807) is 43.5 Å². The predicted octanol–water partition coefficient (Wildman–Crippen LogP) is 3.32. The molecular weight excluding hydrogens is 400 g/mol. The zero-order chi connectivity index (χ0) is 22.2. The SMILES string of the molecule is CCOc1ccc(NC(=O)CN(C)C(=O)/C=C/c2ccc3c(c2)OCO3)cc1OCC. The van der Waals surface area contributed by atoms with Gasteiger partial charge in [-0.3, -0.25) is 9.59 Å². The van der Waals surface area contributed by atoms with Crippen LogP contribution in [0, 0.1) is 0 Å². The van der Waals surface area contributed by atoms with Crippen molar-refractivity contribution in [3.8, 4) is 23.0 Å². The lowest BCUT2D eigenvalue weighted by Crippen LogP contribution is -2.33. The van der Waals surface area contributed by atoms with Gasteiger partial charge < -0.3 is 29.2 Å². The van der Waals surface area contributed by atoms with E-state index in [1.807, 2.05) is 19.9 Å². The Bertz CT molecular complexity index is 973. The van der Waals surface area contributed by atoms with Crippen LogP contribution in [-0.2, 0) is 9.59 Å². The van der Waals surface area contributed by atoms with Crippen LogP contribution >= 0.6 is 0 Å². The van der Waals surface area contributed by atoms with Crippen LogP contribution in [0.2, 0.25) is 0 Å². The number of fused-ring (bicyclic) bond motifs is 1. The van der Waals surface area contributed by atoms with E-state index in [0.29, 0.717) is 41.9 Å². The van der Waals surface area contributed by atoms with Crippen LogP contribution in [0.4, 0.5) is 5.69 Å². The molecule has 164 valence electrons. The molecule has 0 saturated carbocycles. The molecule has 2 aromatic carbocycles. The maximum absolute atomic E-state index is 12.4. The highest BCUT2D eigenvalue weighted by Crippen LogP contribution is 2.33. The van der Waals surface area contributed by atoms with E-state index in [9.17, 15) is 9.59 Å². The lowest BCUT2D eigenvalue weighted by molar-refractivity contribution is -0.129. The second-order valence-electron chi connectivity index (χ2n) is 6.72. The van der Waals surface area contributed by atoms with Crippen LogP contribution in [0.25, 0.3) is 6.08 Å². The molecule has 0 aliphatic carbocycles. The number of ether oxygens (including phenoxy) is 4. The minimum Gasteiger partial charge on any atom is -0.490 e. The first-order valence-electron chi connectivity index (χ1n) is 10.0. The van der Waals surface area contributed by atoms with Gasteiger partial charge >= 0.3 is 0 Å². The first-order valence-corrected chi connectivity index (χ1v) is 10.0. The van der Waals surface area contributed by atoms with Gasteiger partial charge in [0.15, 0.2) is 23.0 Å². The summed E-state index contributed by atoms with van der Waals surface area (Å²) in [5.41, 5.74) is 1.36. The third-order valence-corrected chi connectivity index (χ3v) is 4.40. The molecule has 0 unspecified atom stereocenters. The quantitative estimate of drug-likeness (QED) is 0.619. The van der Waals surface area contributed by atoms with Crippen LogP contribution in [0.1, 0.15) is 19.4 Å². The third-order valence-electron chi connectivity index (χ3n) is 4.40. The maximum atomic E-state index is 12.4. The zero-order valence-corrected chi connectivity index (χ0v) is 17.8. The van der Waals surface area contributed by atoms with Gasteiger partial charge in [0.05, 0.1) is 19.8 Å². The van der Waals surface area contributed by atoms with E-state index >= 15 is 0 Å².